The summed E-state index contributed by atoms with van der Waals surface area (Å²) >= 11 is 0. The summed E-state index contributed by atoms with van der Waals surface area (Å²) in [5.74, 6) is -0.298. The van der Waals surface area contributed by atoms with Crippen molar-refractivity contribution in [3.05, 3.63) is 65.5 Å². The monoisotopic (exact) mass is 340 g/mol. The van der Waals surface area contributed by atoms with Gasteiger partial charge in [0.15, 0.2) is 0 Å². The summed E-state index contributed by atoms with van der Waals surface area (Å²) in [7, 11) is 0. The molecular formula is C21H25FN2O. The number of nitrogens with one attached hydrogen (secondary N) is 1. The quantitative estimate of drug-likeness (QED) is 0.886. The highest BCUT2D eigenvalue weighted by molar-refractivity contribution is 5.93. The van der Waals surface area contributed by atoms with Crippen LogP contribution in [0.15, 0.2) is 48.5 Å². The minimum atomic E-state index is -0.255. The number of anilines is 1. The van der Waals surface area contributed by atoms with Crippen molar-refractivity contribution >= 4 is 11.6 Å². The topological polar surface area (TPSA) is 32.3 Å². The molecule has 1 amide bonds. The molecular weight excluding hydrogens is 315 g/mol. The Hall–Kier alpha value is -2.20. The number of nitrogens with zero attached hydrogens (tertiary/aromatic N) is 1. The lowest BCUT2D eigenvalue weighted by atomic mass is 9.99. The van der Waals surface area contributed by atoms with E-state index >= 15 is 0 Å². The highest BCUT2D eigenvalue weighted by Crippen LogP contribution is 2.33. The van der Waals surface area contributed by atoms with Gasteiger partial charge in [-0.2, -0.15) is 0 Å². The highest BCUT2D eigenvalue weighted by Gasteiger charge is 2.38. The molecule has 1 aliphatic rings. The third-order valence-electron chi connectivity index (χ3n) is 5.35. The molecule has 2 aromatic rings. The molecule has 0 bridgehead atoms. The lowest BCUT2D eigenvalue weighted by Crippen LogP contribution is -2.36. The Morgan fingerprint density at radius 1 is 1.24 bits per heavy atom. The predicted octanol–water partition coefficient (Wildman–Crippen LogP) is 4.54. The molecule has 3 rings (SSSR count). The van der Waals surface area contributed by atoms with Crippen LogP contribution in [0.1, 0.15) is 37.4 Å². The summed E-state index contributed by atoms with van der Waals surface area (Å²) in [6, 6.07) is 15.5. The van der Waals surface area contributed by atoms with E-state index in [0.717, 1.165) is 13.0 Å². The Balaban J connectivity index is 1.67. The van der Waals surface area contributed by atoms with Crippen molar-refractivity contribution in [3.8, 4) is 0 Å². The highest BCUT2D eigenvalue weighted by atomic mass is 19.1. The Kier molecular flexibility index (Phi) is 5.19. The Labute approximate surface area is 148 Å². The second-order valence-electron chi connectivity index (χ2n) is 6.91. The van der Waals surface area contributed by atoms with Crippen molar-refractivity contribution < 1.29 is 9.18 Å². The maximum absolute atomic E-state index is 13.4. The first kappa shape index (κ1) is 17.6. The van der Waals surface area contributed by atoms with E-state index in [4.69, 9.17) is 0 Å². The van der Waals surface area contributed by atoms with Crippen LogP contribution in [0.25, 0.3) is 0 Å². The number of hydrogen-bond acceptors (Lipinski definition) is 2. The minimum absolute atomic E-state index is 0.0151. The number of aryl methyl sites for hydroxylation is 1. The third kappa shape index (κ3) is 3.74. The summed E-state index contributed by atoms with van der Waals surface area (Å²) in [6.45, 7) is 6.91. The largest absolute Gasteiger partial charge is 0.326 e. The van der Waals surface area contributed by atoms with Crippen LogP contribution in [0.3, 0.4) is 0 Å². The molecule has 0 radical (unpaired) electrons. The zero-order valence-electron chi connectivity index (χ0n) is 15.0. The molecule has 0 aromatic heterocycles. The third-order valence-corrected chi connectivity index (χ3v) is 5.35. The number of rotatable bonds is 4. The van der Waals surface area contributed by atoms with Gasteiger partial charge in [0.1, 0.15) is 5.82 Å². The normalized spacial score (nSPS) is 21.9. The lowest BCUT2D eigenvalue weighted by molar-refractivity contribution is -0.120. The fraction of sp³-hybridized carbons (Fsp3) is 0.381. The SMILES string of the molecule is Cc1cc(NC(=O)[C@H]2CCN([C@@H](C)c3ccccc3)[C@H]2C)ccc1F. The van der Waals surface area contributed by atoms with E-state index in [9.17, 15) is 9.18 Å². The van der Waals surface area contributed by atoms with Crippen LogP contribution in [0.4, 0.5) is 10.1 Å². The summed E-state index contributed by atoms with van der Waals surface area (Å²) < 4.78 is 13.4. The first-order chi connectivity index (χ1) is 12.0. The first-order valence-corrected chi connectivity index (χ1v) is 8.85. The number of amides is 1. The smallest absolute Gasteiger partial charge is 0.229 e. The lowest BCUT2D eigenvalue weighted by Gasteiger charge is -2.30. The van der Waals surface area contributed by atoms with Crippen LogP contribution >= 0.6 is 0 Å². The van der Waals surface area contributed by atoms with Gasteiger partial charge in [-0.25, -0.2) is 4.39 Å². The predicted molar refractivity (Wildman–Crippen MR) is 98.9 cm³/mol. The molecule has 0 aliphatic carbocycles. The van der Waals surface area contributed by atoms with Crippen molar-refractivity contribution in [1.82, 2.24) is 4.90 Å². The van der Waals surface area contributed by atoms with Gasteiger partial charge in [0.05, 0.1) is 5.92 Å². The molecule has 1 aliphatic heterocycles. The zero-order valence-corrected chi connectivity index (χ0v) is 15.0. The fourth-order valence-electron chi connectivity index (χ4n) is 3.74. The second kappa shape index (κ2) is 7.36. The molecule has 1 heterocycles. The van der Waals surface area contributed by atoms with Crippen molar-refractivity contribution in [2.24, 2.45) is 5.92 Å². The van der Waals surface area contributed by atoms with E-state index in [-0.39, 0.29) is 29.7 Å². The van der Waals surface area contributed by atoms with Gasteiger partial charge in [0.25, 0.3) is 0 Å². The van der Waals surface area contributed by atoms with E-state index < -0.39 is 0 Å². The average molecular weight is 340 g/mol. The first-order valence-electron chi connectivity index (χ1n) is 8.85. The molecule has 0 unspecified atom stereocenters. The van der Waals surface area contributed by atoms with E-state index in [1.807, 2.05) is 18.2 Å². The Morgan fingerprint density at radius 2 is 1.96 bits per heavy atom. The van der Waals surface area contributed by atoms with Crippen LogP contribution in [-0.2, 0) is 4.79 Å². The molecule has 0 spiro atoms. The molecule has 0 saturated carbocycles. The number of hydrogen-bond donors (Lipinski definition) is 1. The molecule has 1 saturated heterocycles. The van der Waals surface area contributed by atoms with Gasteiger partial charge in [-0.05, 0) is 63.1 Å². The van der Waals surface area contributed by atoms with Gasteiger partial charge in [-0.3, -0.25) is 9.69 Å². The molecule has 1 fully saturated rings. The zero-order chi connectivity index (χ0) is 18.0. The van der Waals surface area contributed by atoms with Gasteiger partial charge >= 0.3 is 0 Å². The van der Waals surface area contributed by atoms with Gasteiger partial charge in [-0.15, -0.1) is 0 Å². The second-order valence-corrected chi connectivity index (χ2v) is 6.91. The van der Waals surface area contributed by atoms with Crippen LogP contribution in [0, 0.1) is 18.7 Å². The van der Waals surface area contributed by atoms with Gasteiger partial charge < -0.3 is 5.32 Å². The summed E-state index contributed by atoms with van der Waals surface area (Å²) in [4.78, 5) is 15.1. The molecule has 25 heavy (non-hydrogen) atoms. The van der Waals surface area contributed by atoms with Gasteiger partial charge in [0.2, 0.25) is 5.91 Å². The number of carbonyl (C=O) groups excluding carboxylic acids is 1. The van der Waals surface area contributed by atoms with Crippen LogP contribution < -0.4 is 5.32 Å². The Morgan fingerprint density at radius 3 is 2.64 bits per heavy atom. The van der Waals surface area contributed by atoms with Crippen LogP contribution in [0.2, 0.25) is 0 Å². The number of halogens is 1. The number of carbonyl (C=O) groups is 1. The van der Waals surface area contributed by atoms with E-state index in [0.29, 0.717) is 11.3 Å². The fourth-order valence-corrected chi connectivity index (χ4v) is 3.74. The maximum atomic E-state index is 13.4. The number of benzene rings is 2. The van der Waals surface area contributed by atoms with Gasteiger partial charge in [-0.1, -0.05) is 30.3 Å². The van der Waals surface area contributed by atoms with E-state index in [1.165, 1.54) is 11.6 Å². The van der Waals surface area contributed by atoms with E-state index in [2.05, 4.69) is 36.2 Å². The molecule has 4 heteroatoms. The standard InChI is InChI=1S/C21H25FN2O/c1-14-13-18(9-10-20(14)22)23-21(25)19-11-12-24(16(19)3)15(2)17-7-5-4-6-8-17/h4-10,13,15-16,19H,11-12H2,1-3H3,(H,23,25)/t15-,16-,19-/m0/s1. The summed E-state index contributed by atoms with van der Waals surface area (Å²) in [5, 5.41) is 2.95. The summed E-state index contributed by atoms with van der Waals surface area (Å²) in [6.07, 6.45) is 0.838. The minimum Gasteiger partial charge on any atom is -0.326 e. The van der Waals surface area contributed by atoms with E-state index in [1.54, 1.807) is 19.1 Å². The summed E-state index contributed by atoms with van der Waals surface area (Å²) in [5.41, 5.74) is 2.46. The average Bonchev–Trinajstić information content (AvgIpc) is 3.00. The molecule has 1 N–H and O–H groups in total. The van der Waals surface area contributed by atoms with Crippen LogP contribution in [-0.4, -0.2) is 23.4 Å². The molecule has 2 aromatic carbocycles. The van der Waals surface area contributed by atoms with Crippen molar-refractivity contribution in [3.63, 3.8) is 0 Å². The number of likely N-dealkylation sites (tertiary alicyclic amines) is 1. The van der Waals surface area contributed by atoms with Crippen LogP contribution in [0.5, 0.6) is 0 Å². The van der Waals surface area contributed by atoms with Crippen molar-refractivity contribution in [2.45, 2.75) is 39.3 Å². The maximum Gasteiger partial charge on any atom is 0.229 e. The van der Waals surface area contributed by atoms with Gasteiger partial charge in [0, 0.05) is 17.8 Å². The molecule has 3 nitrogen and oxygen atoms in total. The molecule has 132 valence electrons. The molecule has 3 atom stereocenters. The van der Waals surface area contributed by atoms with Crippen molar-refractivity contribution in [1.29, 1.82) is 0 Å². The van der Waals surface area contributed by atoms with Crippen molar-refractivity contribution in [2.75, 3.05) is 11.9 Å². The Bertz CT molecular complexity index is 747.